The van der Waals surface area contributed by atoms with Crippen LogP contribution in [0.1, 0.15) is 49.5 Å². The number of Topliss-reactive ketones (excluding diaryl/α,β-unsaturated/α-hetero) is 1. The van der Waals surface area contributed by atoms with Crippen LogP contribution >= 0.6 is 0 Å². The summed E-state index contributed by atoms with van der Waals surface area (Å²) in [5, 5.41) is 0. The van der Waals surface area contributed by atoms with Crippen molar-refractivity contribution in [2.45, 2.75) is 45.2 Å². The van der Waals surface area contributed by atoms with Crippen molar-refractivity contribution in [2.24, 2.45) is 0 Å². The van der Waals surface area contributed by atoms with Crippen LogP contribution in [0.25, 0.3) is 0 Å². The van der Waals surface area contributed by atoms with Gasteiger partial charge in [-0.15, -0.1) is 0 Å². The van der Waals surface area contributed by atoms with E-state index in [1.165, 1.54) is 0 Å². The van der Waals surface area contributed by atoms with Gasteiger partial charge in [0.05, 0.1) is 6.42 Å². The quantitative estimate of drug-likeness (QED) is 0.729. The zero-order chi connectivity index (χ0) is 14.0. The van der Waals surface area contributed by atoms with Gasteiger partial charge in [-0.05, 0) is 11.0 Å². The molecule has 1 aromatic carbocycles. The Balaban J connectivity index is 2.71. The summed E-state index contributed by atoms with van der Waals surface area (Å²) in [6.45, 7) is 6.11. The van der Waals surface area contributed by atoms with Gasteiger partial charge >= 0.3 is 6.18 Å². The average molecular weight is 258 g/mol. The highest BCUT2D eigenvalue weighted by atomic mass is 19.4. The van der Waals surface area contributed by atoms with E-state index in [9.17, 15) is 18.0 Å². The van der Waals surface area contributed by atoms with Crippen LogP contribution in [0, 0.1) is 0 Å². The molecule has 0 saturated carbocycles. The van der Waals surface area contributed by atoms with Gasteiger partial charge in [0, 0.05) is 12.0 Å². The highest BCUT2D eigenvalue weighted by Crippen LogP contribution is 2.24. The van der Waals surface area contributed by atoms with Gasteiger partial charge in [-0.1, -0.05) is 45.0 Å². The Labute approximate surface area is 105 Å². The molecule has 0 bridgehead atoms. The Bertz CT molecular complexity index is 410. The van der Waals surface area contributed by atoms with Crippen molar-refractivity contribution < 1.29 is 18.0 Å². The minimum Gasteiger partial charge on any atom is -0.294 e. The highest BCUT2D eigenvalue weighted by molar-refractivity contribution is 5.96. The maximum absolute atomic E-state index is 12.0. The molecule has 0 amide bonds. The number of hydrogen-bond acceptors (Lipinski definition) is 1. The molecule has 0 N–H and O–H groups in total. The monoisotopic (exact) mass is 258 g/mol. The number of rotatable bonds is 3. The van der Waals surface area contributed by atoms with Gasteiger partial charge < -0.3 is 0 Å². The first-order valence-corrected chi connectivity index (χ1v) is 5.80. The van der Waals surface area contributed by atoms with E-state index in [0.29, 0.717) is 5.56 Å². The van der Waals surface area contributed by atoms with Crippen molar-refractivity contribution in [3.63, 3.8) is 0 Å². The molecule has 0 unspecified atom stereocenters. The lowest BCUT2D eigenvalue weighted by Gasteiger charge is -2.19. The summed E-state index contributed by atoms with van der Waals surface area (Å²) >= 11 is 0. The predicted octanol–water partition coefficient (Wildman–Crippen LogP) is 4.51. The zero-order valence-electron chi connectivity index (χ0n) is 10.8. The standard InChI is InChI=1S/C14H17F3O/c1-13(2,3)11-6-4-10(5-7-11)12(18)8-9-14(15,16)17/h4-7H,8-9H2,1-3H3. The molecule has 1 nitrogen and oxygen atoms in total. The normalized spacial score (nSPS) is 12.6. The summed E-state index contributed by atoms with van der Waals surface area (Å²) in [5.74, 6) is -0.465. The molecule has 4 heteroatoms. The average Bonchev–Trinajstić information content (AvgIpc) is 2.24. The molecular formula is C14H17F3O. The number of carbonyl (C=O) groups is 1. The van der Waals surface area contributed by atoms with E-state index in [-0.39, 0.29) is 5.41 Å². The van der Waals surface area contributed by atoms with Crippen LogP contribution in [0.15, 0.2) is 24.3 Å². The number of alkyl halides is 3. The van der Waals surface area contributed by atoms with E-state index < -0.39 is 24.8 Å². The summed E-state index contributed by atoms with van der Waals surface area (Å²) in [6, 6.07) is 6.78. The number of carbonyl (C=O) groups excluding carboxylic acids is 1. The smallest absolute Gasteiger partial charge is 0.294 e. The Hall–Kier alpha value is -1.32. The molecule has 0 radical (unpaired) electrons. The van der Waals surface area contributed by atoms with Crippen LogP contribution in [0.5, 0.6) is 0 Å². The third-order valence-electron chi connectivity index (χ3n) is 2.71. The summed E-state index contributed by atoms with van der Waals surface area (Å²) < 4.78 is 36.0. The molecule has 0 atom stereocenters. The highest BCUT2D eigenvalue weighted by Gasteiger charge is 2.28. The largest absolute Gasteiger partial charge is 0.389 e. The third kappa shape index (κ3) is 4.51. The molecule has 18 heavy (non-hydrogen) atoms. The van der Waals surface area contributed by atoms with Gasteiger partial charge in [-0.25, -0.2) is 0 Å². The number of ketones is 1. The van der Waals surface area contributed by atoms with Crippen LogP contribution < -0.4 is 0 Å². The molecular weight excluding hydrogens is 241 g/mol. The molecule has 0 aliphatic carbocycles. The van der Waals surface area contributed by atoms with E-state index in [1.54, 1.807) is 24.3 Å². The summed E-state index contributed by atoms with van der Waals surface area (Å²) in [6.07, 6.45) is -5.83. The first-order chi connectivity index (χ1) is 8.09. The fourth-order valence-corrected chi connectivity index (χ4v) is 1.56. The van der Waals surface area contributed by atoms with Crippen LogP contribution in [0.3, 0.4) is 0 Å². The second-order valence-electron chi connectivity index (χ2n) is 5.37. The molecule has 100 valence electrons. The zero-order valence-corrected chi connectivity index (χ0v) is 10.8. The maximum Gasteiger partial charge on any atom is 0.389 e. The maximum atomic E-state index is 12.0. The molecule has 1 aromatic rings. The first-order valence-electron chi connectivity index (χ1n) is 5.80. The van der Waals surface area contributed by atoms with E-state index >= 15 is 0 Å². The van der Waals surface area contributed by atoms with E-state index in [0.717, 1.165) is 5.56 Å². The first kappa shape index (κ1) is 14.7. The van der Waals surface area contributed by atoms with Gasteiger partial charge in [0.2, 0.25) is 0 Å². The topological polar surface area (TPSA) is 17.1 Å². The molecule has 0 saturated heterocycles. The van der Waals surface area contributed by atoms with Crippen molar-refractivity contribution in [3.05, 3.63) is 35.4 Å². The van der Waals surface area contributed by atoms with E-state index in [2.05, 4.69) is 0 Å². The fourth-order valence-electron chi connectivity index (χ4n) is 1.56. The fraction of sp³-hybridized carbons (Fsp3) is 0.500. The van der Waals surface area contributed by atoms with Crippen molar-refractivity contribution in [3.8, 4) is 0 Å². The van der Waals surface area contributed by atoms with Gasteiger partial charge in [-0.2, -0.15) is 13.2 Å². The van der Waals surface area contributed by atoms with Crippen LogP contribution in [-0.4, -0.2) is 12.0 Å². The van der Waals surface area contributed by atoms with Crippen LogP contribution in [0.2, 0.25) is 0 Å². The van der Waals surface area contributed by atoms with Crippen LogP contribution in [0.4, 0.5) is 13.2 Å². The Morgan fingerprint density at radius 3 is 1.94 bits per heavy atom. The number of halogens is 3. The Morgan fingerprint density at radius 1 is 1.06 bits per heavy atom. The van der Waals surface area contributed by atoms with Crippen molar-refractivity contribution in [1.29, 1.82) is 0 Å². The van der Waals surface area contributed by atoms with E-state index in [4.69, 9.17) is 0 Å². The molecule has 0 aliphatic rings. The summed E-state index contributed by atoms with van der Waals surface area (Å²) in [4.78, 5) is 11.6. The Kier molecular flexibility index (Phi) is 4.20. The summed E-state index contributed by atoms with van der Waals surface area (Å²) in [5.41, 5.74) is 1.36. The number of hydrogen-bond donors (Lipinski definition) is 0. The second kappa shape index (κ2) is 5.12. The van der Waals surface area contributed by atoms with Gasteiger partial charge in [-0.3, -0.25) is 4.79 Å². The van der Waals surface area contributed by atoms with Gasteiger partial charge in [0.25, 0.3) is 0 Å². The molecule has 0 fully saturated rings. The summed E-state index contributed by atoms with van der Waals surface area (Å²) in [7, 11) is 0. The molecule has 0 aromatic heterocycles. The SMILES string of the molecule is CC(C)(C)c1ccc(C(=O)CCC(F)(F)F)cc1. The van der Waals surface area contributed by atoms with Crippen molar-refractivity contribution in [1.82, 2.24) is 0 Å². The second-order valence-corrected chi connectivity index (χ2v) is 5.37. The number of benzene rings is 1. The van der Waals surface area contributed by atoms with Gasteiger partial charge in [0.1, 0.15) is 0 Å². The van der Waals surface area contributed by atoms with Crippen molar-refractivity contribution in [2.75, 3.05) is 0 Å². The molecule has 1 rings (SSSR count). The lowest BCUT2D eigenvalue weighted by Crippen LogP contribution is -2.12. The van der Waals surface area contributed by atoms with Crippen molar-refractivity contribution >= 4 is 5.78 Å². The lowest BCUT2D eigenvalue weighted by atomic mass is 9.86. The molecule has 0 heterocycles. The van der Waals surface area contributed by atoms with Gasteiger partial charge in [0.15, 0.2) is 5.78 Å². The van der Waals surface area contributed by atoms with Crippen LogP contribution in [-0.2, 0) is 5.41 Å². The lowest BCUT2D eigenvalue weighted by molar-refractivity contribution is -0.133. The Morgan fingerprint density at radius 2 is 1.56 bits per heavy atom. The minimum atomic E-state index is -4.28. The predicted molar refractivity (Wildman–Crippen MR) is 64.8 cm³/mol. The van der Waals surface area contributed by atoms with E-state index in [1.807, 2.05) is 20.8 Å². The third-order valence-corrected chi connectivity index (χ3v) is 2.71. The minimum absolute atomic E-state index is 0.0342. The molecule has 0 spiro atoms. The molecule has 0 aliphatic heterocycles.